The van der Waals surface area contributed by atoms with Crippen molar-refractivity contribution in [1.82, 2.24) is 19.4 Å². The normalized spacial score (nSPS) is 16.3. The zero-order chi connectivity index (χ0) is 9.54. The molecule has 1 aliphatic rings. The van der Waals surface area contributed by atoms with Gasteiger partial charge in [-0.05, 0) is 24.8 Å². The van der Waals surface area contributed by atoms with Crippen molar-refractivity contribution < 1.29 is 0 Å². The van der Waals surface area contributed by atoms with Crippen LogP contribution < -0.4 is 5.56 Å². The minimum absolute atomic E-state index is 0.0445. The summed E-state index contributed by atoms with van der Waals surface area (Å²) in [6.07, 6.45) is 5.64. The predicted molar refractivity (Wildman–Crippen MR) is 50.0 cm³/mol. The lowest BCUT2D eigenvalue weighted by Gasteiger charge is -2.01. The van der Waals surface area contributed by atoms with Crippen LogP contribution in [0, 0.1) is 5.92 Å². The molecule has 0 aromatic carbocycles. The molecule has 2 aromatic rings. The highest BCUT2D eigenvalue weighted by Crippen LogP contribution is 2.29. The Morgan fingerprint density at radius 2 is 2.29 bits per heavy atom. The van der Waals surface area contributed by atoms with Gasteiger partial charge in [-0.15, -0.1) is 0 Å². The molecule has 1 aliphatic carbocycles. The summed E-state index contributed by atoms with van der Waals surface area (Å²) in [5.41, 5.74) is 0.553. The maximum atomic E-state index is 11.8. The van der Waals surface area contributed by atoms with Crippen LogP contribution in [-0.2, 0) is 6.54 Å². The van der Waals surface area contributed by atoms with E-state index in [1.165, 1.54) is 22.0 Å². The Kier molecular flexibility index (Phi) is 1.47. The van der Waals surface area contributed by atoms with Gasteiger partial charge < -0.3 is 0 Å². The van der Waals surface area contributed by atoms with Crippen LogP contribution in [0.25, 0.3) is 5.52 Å². The SMILES string of the molecule is O=c1c2ccnn2cnn1CC1CC1. The summed E-state index contributed by atoms with van der Waals surface area (Å²) >= 11 is 0. The van der Waals surface area contributed by atoms with Gasteiger partial charge in [0.05, 0.1) is 6.20 Å². The maximum Gasteiger partial charge on any atom is 0.292 e. The largest absolute Gasteiger partial charge is 0.292 e. The van der Waals surface area contributed by atoms with E-state index in [0.717, 1.165) is 6.54 Å². The first-order chi connectivity index (χ1) is 6.84. The van der Waals surface area contributed by atoms with Crippen LogP contribution in [0.4, 0.5) is 0 Å². The molecule has 3 rings (SSSR count). The van der Waals surface area contributed by atoms with E-state index in [1.54, 1.807) is 18.6 Å². The topological polar surface area (TPSA) is 52.2 Å². The fourth-order valence-corrected chi connectivity index (χ4v) is 1.55. The van der Waals surface area contributed by atoms with Crippen LogP contribution >= 0.6 is 0 Å². The summed E-state index contributed by atoms with van der Waals surface area (Å²) in [6, 6.07) is 1.72. The Hall–Kier alpha value is -1.65. The van der Waals surface area contributed by atoms with Gasteiger partial charge in [0, 0.05) is 6.54 Å². The van der Waals surface area contributed by atoms with E-state index >= 15 is 0 Å². The maximum absolute atomic E-state index is 11.8. The van der Waals surface area contributed by atoms with Gasteiger partial charge in [-0.1, -0.05) is 0 Å². The smallest absolute Gasteiger partial charge is 0.265 e. The molecule has 0 saturated heterocycles. The van der Waals surface area contributed by atoms with Crippen LogP contribution in [-0.4, -0.2) is 19.4 Å². The van der Waals surface area contributed by atoms with Crippen LogP contribution in [0.2, 0.25) is 0 Å². The highest BCUT2D eigenvalue weighted by molar-refractivity contribution is 5.41. The molecule has 0 unspecified atom stereocenters. The molecule has 0 atom stereocenters. The second-order valence-corrected chi connectivity index (χ2v) is 3.72. The molecule has 5 heteroatoms. The first-order valence-corrected chi connectivity index (χ1v) is 4.74. The highest BCUT2D eigenvalue weighted by atomic mass is 16.1. The van der Waals surface area contributed by atoms with E-state index in [0.29, 0.717) is 11.4 Å². The molecule has 72 valence electrons. The van der Waals surface area contributed by atoms with E-state index < -0.39 is 0 Å². The van der Waals surface area contributed by atoms with Crippen molar-refractivity contribution in [2.75, 3.05) is 0 Å². The number of hydrogen-bond acceptors (Lipinski definition) is 3. The van der Waals surface area contributed by atoms with Crippen molar-refractivity contribution in [3.05, 3.63) is 28.9 Å². The average Bonchev–Trinajstić information content (AvgIpc) is 2.85. The molecular weight excluding hydrogens is 180 g/mol. The zero-order valence-corrected chi connectivity index (χ0v) is 7.63. The first kappa shape index (κ1) is 7.73. The average molecular weight is 190 g/mol. The molecule has 5 nitrogen and oxygen atoms in total. The van der Waals surface area contributed by atoms with E-state index in [-0.39, 0.29) is 5.56 Å². The van der Waals surface area contributed by atoms with E-state index in [2.05, 4.69) is 10.2 Å². The van der Waals surface area contributed by atoms with E-state index in [4.69, 9.17) is 0 Å². The van der Waals surface area contributed by atoms with Crippen molar-refractivity contribution in [2.45, 2.75) is 19.4 Å². The minimum Gasteiger partial charge on any atom is -0.265 e. The van der Waals surface area contributed by atoms with Gasteiger partial charge in [-0.25, -0.2) is 9.20 Å². The fraction of sp³-hybridized carbons (Fsp3) is 0.444. The molecule has 14 heavy (non-hydrogen) atoms. The second kappa shape index (κ2) is 2.67. The van der Waals surface area contributed by atoms with Crippen LogP contribution in [0.15, 0.2) is 23.4 Å². The lowest BCUT2D eigenvalue weighted by Crippen LogP contribution is -2.25. The summed E-state index contributed by atoms with van der Waals surface area (Å²) in [5.74, 6) is 0.658. The van der Waals surface area contributed by atoms with Crippen molar-refractivity contribution in [1.29, 1.82) is 0 Å². The van der Waals surface area contributed by atoms with Crippen LogP contribution in [0.3, 0.4) is 0 Å². The molecule has 0 radical (unpaired) electrons. The fourth-order valence-electron chi connectivity index (χ4n) is 1.55. The van der Waals surface area contributed by atoms with Gasteiger partial charge in [0.2, 0.25) is 0 Å². The molecule has 0 N–H and O–H groups in total. The molecule has 1 saturated carbocycles. The minimum atomic E-state index is -0.0445. The monoisotopic (exact) mass is 190 g/mol. The van der Waals surface area contributed by atoms with Crippen molar-refractivity contribution >= 4 is 5.52 Å². The van der Waals surface area contributed by atoms with Gasteiger partial charge in [0.1, 0.15) is 11.8 Å². The molecule has 2 aromatic heterocycles. The molecule has 2 heterocycles. The third kappa shape index (κ3) is 1.13. The van der Waals surface area contributed by atoms with Gasteiger partial charge in [-0.3, -0.25) is 4.79 Å². The Balaban J connectivity index is 2.14. The van der Waals surface area contributed by atoms with Gasteiger partial charge in [-0.2, -0.15) is 10.2 Å². The second-order valence-electron chi connectivity index (χ2n) is 3.72. The molecular formula is C9H10N4O. The third-order valence-corrected chi connectivity index (χ3v) is 2.55. The lowest BCUT2D eigenvalue weighted by molar-refractivity contribution is 0.525. The highest BCUT2D eigenvalue weighted by Gasteiger charge is 2.22. The Morgan fingerprint density at radius 1 is 1.43 bits per heavy atom. The van der Waals surface area contributed by atoms with E-state index in [9.17, 15) is 4.79 Å². The quantitative estimate of drug-likeness (QED) is 0.684. The standard InChI is InChI=1S/C9H10N4O/c14-9-8-3-4-10-13(8)6-11-12(9)5-7-1-2-7/h3-4,6-7H,1-2,5H2. The van der Waals surface area contributed by atoms with Crippen molar-refractivity contribution in [3.8, 4) is 0 Å². The predicted octanol–water partition coefficient (Wildman–Crippen LogP) is 0.301. The van der Waals surface area contributed by atoms with Crippen LogP contribution in [0.5, 0.6) is 0 Å². The summed E-state index contributed by atoms with van der Waals surface area (Å²) in [5, 5.41) is 8.02. The summed E-state index contributed by atoms with van der Waals surface area (Å²) in [6.45, 7) is 0.751. The number of hydrogen-bond donors (Lipinski definition) is 0. The van der Waals surface area contributed by atoms with Crippen molar-refractivity contribution in [3.63, 3.8) is 0 Å². The van der Waals surface area contributed by atoms with Gasteiger partial charge in [0.15, 0.2) is 0 Å². The summed E-state index contributed by atoms with van der Waals surface area (Å²) < 4.78 is 3.04. The molecule has 0 aliphatic heterocycles. The number of fused-ring (bicyclic) bond motifs is 1. The Labute approximate surface area is 80.0 Å². The van der Waals surface area contributed by atoms with Gasteiger partial charge in [0.25, 0.3) is 5.56 Å². The molecule has 0 amide bonds. The lowest BCUT2D eigenvalue weighted by atomic mass is 10.4. The number of aromatic nitrogens is 4. The summed E-state index contributed by atoms with van der Waals surface area (Å²) in [7, 11) is 0. The number of rotatable bonds is 2. The molecule has 1 fully saturated rings. The van der Waals surface area contributed by atoms with Gasteiger partial charge >= 0.3 is 0 Å². The number of nitrogens with zero attached hydrogens (tertiary/aromatic N) is 4. The Morgan fingerprint density at radius 3 is 3.07 bits per heavy atom. The Bertz CT molecular complexity index is 523. The summed E-state index contributed by atoms with van der Waals surface area (Å²) in [4.78, 5) is 11.8. The van der Waals surface area contributed by atoms with Crippen LogP contribution in [0.1, 0.15) is 12.8 Å². The first-order valence-electron chi connectivity index (χ1n) is 4.74. The molecule has 0 bridgehead atoms. The zero-order valence-electron chi connectivity index (χ0n) is 7.63. The molecule has 0 spiro atoms. The van der Waals surface area contributed by atoms with Crippen molar-refractivity contribution in [2.24, 2.45) is 5.92 Å². The third-order valence-electron chi connectivity index (χ3n) is 2.55. The van der Waals surface area contributed by atoms with E-state index in [1.807, 2.05) is 0 Å².